The summed E-state index contributed by atoms with van der Waals surface area (Å²) in [6, 6.07) is 17.4. The summed E-state index contributed by atoms with van der Waals surface area (Å²) in [7, 11) is -1.23. The Morgan fingerprint density at radius 3 is 2.35 bits per heavy atom. The first-order valence-electron chi connectivity index (χ1n) is 5.90. The summed E-state index contributed by atoms with van der Waals surface area (Å²) in [6.07, 6.45) is 0. The Bertz CT molecular complexity index is 494. The Hall–Kier alpha value is -1.05. The van der Waals surface area contributed by atoms with Crippen molar-refractivity contribution in [1.82, 2.24) is 0 Å². The van der Waals surface area contributed by atoms with E-state index in [9.17, 15) is 0 Å². The summed E-state index contributed by atoms with van der Waals surface area (Å²) in [4.78, 5) is 0. The zero-order valence-corrected chi connectivity index (χ0v) is 12.2. The summed E-state index contributed by atoms with van der Waals surface area (Å²) < 4.78 is 0. The maximum absolute atomic E-state index is 6.22. The van der Waals surface area contributed by atoms with Crippen molar-refractivity contribution in [2.24, 2.45) is 0 Å². The van der Waals surface area contributed by atoms with Gasteiger partial charge in [-0.05, 0) is 13.8 Å². The third-order valence-corrected chi connectivity index (χ3v) is 6.96. The lowest BCUT2D eigenvalue weighted by Crippen LogP contribution is -2.45. The second-order valence-corrected chi connectivity index (χ2v) is 8.11. The number of benzene rings is 2. The molecule has 0 radical (unpaired) electrons. The summed E-state index contributed by atoms with van der Waals surface area (Å²) in [6.45, 7) is 4.33. The zero-order chi connectivity index (χ0) is 12.3. The van der Waals surface area contributed by atoms with Gasteiger partial charge in [0.2, 0.25) is 0 Å². The molecule has 1 atom stereocenters. The summed E-state index contributed by atoms with van der Waals surface area (Å²) in [5.41, 5.74) is 3.45. The molecule has 0 aromatic heterocycles. The van der Waals surface area contributed by atoms with Crippen LogP contribution in [0.1, 0.15) is 11.1 Å². The molecule has 2 aromatic carbocycles. The highest BCUT2D eigenvalue weighted by Gasteiger charge is 2.16. The van der Waals surface area contributed by atoms with Gasteiger partial charge in [-0.1, -0.05) is 70.0 Å². The lowest BCUT2D eigenvalue weighted by molar-refractivity contribution is 1.42. The second kappa shape index (κ2) is 5.52. The molecule has 0 nitrogen and oxygen atoms in total. The Morgan fingerprint density at radius 1 is 1.00 bits per heavy atom. The molecule has 0 heterocycles. The molecule has 17 heavy (non-hydrogen) atoms. The van der Waals surface area contributed by atoms with Crippen molar-refractivity contribution in [3.05, 3.63) is 59.7 Å². The van der Waals surface area contributed by atoms with Crippen LogP contribution >= 0.6 is 11.6 Å². The molecule has 0 aliphatic heterocycles. The van der Waals surface area contributed by atoms with E-state index in [1.54, 1.807) is 0 Å². The van der Waals surface area contributed by atoms with Crippen LogP contribution in [0.5, 0.6) is 0 Å². The fraction of sp³-hybridized carbons (Fsp3) is 0.200. The van der Waals surface area contributed by atoms with Crippen LogP contribution in [0.3, 0.4) is 0 Å². The van der Waals surface area contributed by atoms with Gasteiger partial charge in [-0.15, -0.1) is 11.6 Å². The van der Waals surface area contributed by atoms with Crippen LogP contribution in [0.15, 0.2) is 48.5 Å². The van der Waals surface area contributed by atoms with E-state index in [1.807, 2.05) is 0 Å². The van der Waals surface area contributed by atoms with Gasteiger partial charge in [0.05, 0.1) is 0 Å². The van der Waals surface area contributed by atoms with Crippen LogP contribution in [0.25, 0.3) is 0 Å². The highest BCUT2D eigenvalue weighted by atomic mass is 35.5. The number of hydrogen-bond donors (Lipinski definition) is 0. The molecule has 0 bridgehead atoms. The predicted molar refractivity (Wildman–Crippen MR) is 79.5 cm³/mol. The average Bonchev–Trinajstić information content (AvgIpc) is 2.36. The predicted octanol–water partition coefficient (Wildman–Crippen LogP) is 2.42. The number of aryl methyl sites for hydroxylation is 2. The van der Waals surface area contributed by atoms with Crippen LogP contribution in [0.4, 0.5) is 0 Å². The monoisotopic (exact) mass is 260 g/mol. The van der Waals surface area contributed by atoms with Crippen LogP contribution in [-0.2, 0) is 0 Å². The quantitative estimate of drug-likeness (QED) is 0.587. The van der Waals surface area contributed by atoms with Crippen LogP contribution < -0.4 is 10.4 Å². The molecule has 2 heteroatoms. The molecule has 0 aliphatic rings. The third-order valence-electron chi connectivity index (χ3n) is 3.17. The van der Waals surface area contributed by atoms with Crippen LogP contribution in [-0.4, -0.2) is 14.3 Å². The van der Waals surface area contributed by atoms with E-state index in [4.69, 9.17) is 11.6 Å². The zero-order valence-electron chi connectivity index (χ0n) is 10.3. The molecular formula is C15H17ClSi. The SMILES string of the molecule is Cc1ccc(C)c([SiH](CCl)c2ccccc2)c1. The van der Waals surface area contributed by atoms with Gasteiger partial charge in [0.25, 0.3) is 0 Å². The molecule has 0 saturated heterocycles. The summed E-state index contributed by atoms with van der Waals surface area (Å²) in [5, 5.41) is 2.90. The fourth-order valence-electron chi connectivity index (χ4n) is 2.17. The lowest BCUT2D eigenvalue weighted by atomic mass is 10.2. The molecule has 2 rings (SSSR count). The fourth-order valence-corrected chi connectivity index (χ4v) is 5.71. The van der Waals surface area contributed by atoms with Crippen molar-refractivity contribution < 1.29 is 0 Å². The van der Waals surface area contributed by atoms with Crippen molar-refractivity contribution in [3.63, 3.8) is 0 Å². The molecule has 88 valence electrons. The highest BCUT2D eigenvalue weighted by Crippen LogP contribution is 2.03. The van der Waals surface area contributed by atoms with Gasteiger partial charge in [0.1, 0.15) is 8.80 Å². The van der Waals surface area contributed by atoms with Crippen molar-refractivity contribution in [1.29, 1.82) is 0 Å². The minimum absolute atomic E-state index is 0.758. The number of alkyl halides is 1. The first-order valence-corrected chi connectivity index (χ1v) is 8.41. The molecule has 0 N–H and O–H groups in total. The molecule has 0 fully saturated rings. The third kappa shape index (κ3) is 2.79. The average molecular weight is 261 g/mol. The number of halogens is 1. The largest absolute Gasteiger partial charge is 0.130 e. The summed E-state index contributed by atoms with van der Waals surface area (Å²) >= 11 is 6.22. The molecule has 0 spiro atoms. The van der Waals surface area contributed by atoms with Crippen molar-refractivity contribution in [2.75, 3.05) is 5.50 Å². The van der Waals surface area contributed by atoms with E-state index >= 15 is 0 Å². The Balaban J connectivity index is 2.46. The Kier molecular flexibility index (Phi) is 4.03. The van der Waals surface area contributed by atoms with Crippen LogP contribution in [0, 0.1) is 13.8 Å². The molecule has 1 unspecified atom stereocenters. The molecular weight excluding hydrogens is 244 g/mol. The highest BCUT2D eigenvalue weighted by molar-refractivity contribution is 6.89. The minimum atomic E-state index is -1.23. The van der Waals surface area contributed by atoms with Gasteiger partial charge in [-0.25, -0.2) is 0 Å². The maximum atomic E-state index is 6.22. The van der Waals surface area contributed by atoms with E-state index in [1.165, 1.54) is 21.5 Å². The van der Waals surface area contributed by atoms with Gasteiger partial charge in [-0.3, -0.25) is 0 Å². The molecule has 2 aromatic rings. The molecule has 0 aliphatic carbocycles. The first kappa shape index (κ1) is 12.4. The molecule has 0 saturated carbocycles. The Labute approximate surface area is 110 Å². The van der Waals surface area contributed by atoms with Crippen molar-refractivity contribution in [2.45, 2.75) is 13.8 Å². The maximum Gasteiger partial charge on any atom is 0.118 e. The van der Waals surface area contributed by atoms with Gasteiger partial charge < -0.3 is 0 Å². The van der Waals surface area contributed by atoms with Crippen molar-refractivity contribution in [3.8, 4) is 0 Å². The standard InChI is InChI=1S/C15H17ClSi/c1-12-8-9-13(2)15(10-12)17(11-16)14-6-4-3-5-7-14/h3-10,17H,11H2,1-2H3. The van der Waals surface area contributed by atoms with E-state index < -0.39 is 8.80 Å². The number of hydrogen-bond acceptors (Lipinski definition) is 0. The summed E-state index contributed by atoms with van der Waals surface area (Å²) in [5.74, 6) is 0. The van der Waals surface area contributed by atoms with E-state index in [0.29, 0.717) is 0 Å². The first-order chi connectivity index (χ1) is 8.22. The molecule has 0 amide bonds. The second-order valence-electron chi connectivity index (χ2n) is 4.48. The van der Waals surface area contributed by atoms with Gasteiger partial charge in [-0.2, -0.15) is 0 Å². The van der Waals surface area contributed by atoms with E-state index in [0.717, 1.165) is 5.50 Å². The normalized spacial score (nSPS) is 12.4. The van der Waals surface area contributed by atoms with E-state index in [-0.39, 0.29) is 0 Å². The lowest BCUT2D eigenvalue weighted by Gasteiger charge is -2.16. The topological polar surface area (TPSA) is 0 Å². The van der Waals surface area contributed by atoms with Gasteiger partial charge >= 0.3 is 0 Å². The van der Waals surface area contributed by atoms with E-state index in [2.05, 4.69) is 62.4 Å². The minimum Gasteiger partial charge on any atom is -0.130 e. The smallest absolute Gasteiger partial charge is 0.118 e. The van der Waals surface area contributed by atoms with Crippen LogP contribution in [0.2, 0.25) is 0 Å². The van der Waals surface area contributed by atoms with Gasteiger partial charge in [0.15, 0.2) is 0 Å². The Morgan fingerprint density at radius 2 is 1.71 bits per heavy atom. The van der Waals surface area contributed by atoms with Crippen molar-refractivity contribution >= 4 is 30.8 Å². The van der Waals surface area contributed by atoms with Gasteiger partial charge in [0, 0.05) is 5.50 Å². The number of rotatable bonds is 3.